The van der Waals surface area contributed by atoms with E-state index in [0.717, 1.165) is 23.4 Å². The normalized spacial score (nSPS) is 12.7. The summed E-state index contributed by atoms with van der Waals surface area (Å²) < 4.78 is 1.88. The first-order chi connectivity index (χ1) is 8.90. The van der Waals surface area contributed by atoms with Crippen LogP contribution >= 0.6 is 23.2 Å². The summed E-state index contributed by atoms with van der Waals surface area (Å²) in [7, 11) is 1.94. The summed E-state index contributed by atoms with van der Waals surface area (Å²) in [5.74, 6) is 0. The molecular formula is C14H17Cl2N3. The van der Waals surface area contributed by atoms with Gasteiger partial charge in [-0.2, -0.15) is 5.10 Å². The van der Waals surface area contributed by atoms with Crippen LogP contribution in [-0.2, 0) is 13.5 Å². The van der Waals surface area contributed by atoms with Gasteiger partial charge in [0, 0.05) is 18.8 Å². The van der Waals surface area contributed by atoms with Crippen LogP contribution in [0.5, 0.6) is 0 Å². The van der Waals surface area contributed by atoms with E-state index in [-0.39, 0.29) is 6.04 Å². The van der Waals surface area contributed by atoms with E-state index in [2.05, 4.69) is 12.0 Å². The smallest absolute Gasteiger partial charge is 0.0629 e. The summed E-state index contributed by atoms with van der Waals surface area (Å²) in [6.07, 6.45) is 0.740. The van der Waals surface area contributed by atoms with Crippen LogP contribution in [0.25, 0.3) is 0 Å². The lowest BCUT2D eigenvalue weighted by molar-refractivity contribution is 0.707. The fourth-order valence-corrected chi connectivity index (χ4v) is 2.50. The molecule has 0 spiro atoms. The standard InChI is InChI=1S/C14H17Cl2N3/c1-8-11(9(2)19(3)18-8)7-14(17)10-4-5-12(15)13(16)6-10/h4-6,14H,7,17H2,1-3H3. The van der Waals surface area contributed by atoms with Gasteiger partial charge in [-0.15, -0.1) is 0 Å². The van der Waals surface area contributed by atoms with E-state index in [9.17, 15) is 0 Å². The van der Waals surface area contributed by atoms with Crippen molar-refractivity contribution in [2.45, 2.75) is 26.3 Å². The van der Waals surface area contributed by atoms with Gasteiger partial charge in [-0.25, -0.2) is 0 Å². The Labute approximate surface area is 123 Å². The van der Waals surface area contributed by atoms with Gasteiger partial charge in [-0.3, -0.25) is 4.68 Å². The molecule has 0 saturated heterocycles. The molecule has 19 heavy (non-hydrogen) atoms. The van der Waals surface area contributed by atoms with E-state index in [0.29, 0.717) is 10.0 Å². The van der Waals surface area contributed by atoms with Crippen molar-refractivity contribution in [3.63, 3.8) is 0 Å². The summed E-state index contributed by atoms with van der Waals surface area (Å²) in [4.78, 5) is 0. The van der Waals surface area contributed by atoms with Crippen LogP contribution < -0.4 is 5.73 Å². The number of nitrogens with zero attached hydrogens (tertiary/aromatic N) is 2. The summed E-state index contributed by atoms with van der Waals surface area (Å²) in [5, 5.41) is 5.49. The Balaban J connectivity index is 2.25. The van der Waals surface area contributed by atoms with Crippen molar-refractivity contribution in [3.05, 3.63) is 50.8 Å². The maximum Gasteiger partial charge on any atom is 0.0629 e. The van der Waals surface area contributed by atoms with Crippen molar-refractivity contribution in [1.29, 1.82) is 0 Å². The molecule has 0 aliphatic carbocycles. The minimum absolute atomic E-state index is 0.114. The van der Waals surface area contributed by atoms with Crippen LogP contribution in [0.3, 0.4) is 0 Å². The molecule has 5 heteroatoms. The number of benzene rings is 1. The molecule has 1 heterocycles. The second-order valence-corrected chi connectivity index (χ2v) is 5.57. The zero-order valence-corrected chi connectivity index (χ0v) is 12.8. The number of hydrogen-bond donors (Lipinski definition) is 1. The van der Waals surface area contributed by atoms with Crippen molar-refractivity contribution in [1.82, 2.24) is 9.78 Å². The first kappa shape index (κ1) is 14.4. The molecule has 1 aromatic heterocycles. The Bertz CT molecular complexity index is 605. The van der Waals surface area contributed by atoms with Crippen molar-refractivity contribution in [2.24, 2.45) is 12.8 Å². The van der Waals surface area contributed by atoms with Gasteiger partial charge in [0.05, 0.1) is 15.7 Å². The SMILES string of the molecule is Cc1nn(C)c(C)c1CC(N)c1ccc(Cl)c(Cl)c1. The first-order valence-corrected chi connectivity index (χ1v) is 6.85. The van der Waals surface area contributed by atoms with Crippen molar-refractivity contribution < 1.29 is 0 Å². The molecule has 0 fully saturated rings. The molecule has 0 amide bonds. The predicted molar refractivity (Wildman–Crippen MR) is 79.8 cm³/mol. The monoisotopic (exact) mass is 297 g/mol. The molecule has 0 aliphatic heterocycles. The van der Waals surface area contributed by atoms with Crippen LogP contribution in [0.4, 0.5) is 0 Å². The highest BCUT2D eigenvalue weighted by Crippen LogP contribution is 2.27. The Morgan fingerprint density at radius 2 is 1.95 bits per heavy atom. The molecule has 102 valence electrons. The second kappa shape index (κ2) is 5.53. The van der Waals surface area contributed by atoms with Gasteiger partial charge in [0.1, 0.15) is 0 Å². The zero-order chi connectivity index (χ0) is 14.2. The fraction of sp³-hybridized carbons (Fsp3) is 0.357. The van der Waals surface area contributed by atoms with Crippen molar-refractivity contribution in [2.75, 3.05) is 0 Å². The van der Waals surface area contributed by atoms with Crippen LogP contribution in [0.2, 0.25) is 10.0 Å². The maximum absolute atomic E-state index is 6.25. The maximum atomic E-state index is 6.25. The number of hydrogen-bond acceptors (Lipinski definition) is 2. The lowest BCUT2D eigenvalue weighted by Gasteiger charge is -2.13. The van der Waals surface area contributed by atoms with Crippen LogP contribution in [0.1, 0.15) is 28.6 Å². The van der Waals surface area contributed by atoms with E-state index in [1.54, 1.807) is 6.07 Å². The minimum Gasteiger partial charge on any atom is -0.324 e. The summed E-state index contributed by atoms with van der Waals surface area (Å²) >= 11 is 11.9. The average molecular weight is 298 g/mol. The van der Waals surface area contributed by atoms with Crippen molar-refractivity contribution in [3.8, 4) is 0 Å². The number of halogens is 2. The lowest BCUT2D eigenvalue weighted by Crippen LogP contribution is -2.14. The quantitative estimate of drug-likeness (QED) is 0.941. The van der Waals surface area contributed by atoms with Crippen molar-refractivity contribution >= 4 is 23.2 Å². The van der Waals surface area contributed by atoms with E-state index in [4.69, 9.17) is 28.9 Å². The van der Waals surface area contributed by atoms with Gasteiger partial charge >= 0.3 is 0 Å². The molecular weight excluding hydrogens is 281 g/mol. The number of nitrogens with two attached hydrogens (primary N) is 1. The molecule has 0 saturated carbocycles. The lowest BCUT2D eigenvalue weighted by atomic mass is 9.98. The fourth-order valence-electron chi connectivity index (χ4n) is 2.19. The van der Waals surface area contributed by atoms with Gasteiger partial charge in [0.2, 0.25) is 0 Å². The van der Waals surface area contributed by atoms with Gasteiger partial charge in [0.25, 0.3) is 0 Å². The van der Waals surface area contributed by atoms with Gasteiger partial charge in [0.15, 0.2) is 0 Å². The van der Waals surface area contributed by atoms with E-state index in [1.807, 2.05) is 30.8 Å². The zero-order valence-electron chi connectivity index (χ0n) is 11.2. The topological polar surface area (TPSA) is 43.8 Å². The molecule has 3 nitrogen and oxygen atoms in total. The Kier molecular flexibility index (Phi) is 4.19. The highest BCUT2D eigenvalue weighted by atomic mass is 35.5. The summed E-state index contributed by atoms with van der Waals surface area (Å²) in [6.45, 7) is 4.06. The summed E-state index contributed by atoms with van der Waals surface area (Å²) in [5.41, 5.74) is 10.6. The van der Waals surface area contributed by atoms with E-state index in [1.165, 1.54) is 5.56 Å². The number of aromatic nitrogens is 2. The third kappa shape index (κ3) is 2.94. The van der Waals surface area contributed by atoms with Crippen LogP contribution in [-0.4, -0.2) is 9.78 Å². The molecule has 0 aliphatic rings. The largest absolute Gasteiger partial charge is 0.324 e. The third-order valence-electron chi connectivity index (χ3n) is 3.45. The van der Waals surface area contributed by atoms with E-state index < -0.39 is 0 Å². The van der Waals surface area contributed by atoms with Gasteiger partial charge < -0.3 is 5.73 Å². The highest BCUT2D eigenvalue weighted by Gasteiger charge is 2.15. The number of aryl methyl sites for hydroxylation is 2. The molecule has 1 unspecified atom stereocenters. The molecule has 0 radical (unpaired) electrons. The number of rotatable bonds is 3. The molecule has 0 bridgehead atoms. The highest BCUT2D eigenvalue weighted by molar-refractivity contribution is 6.42. The average Bonchev–Trinajstić information content (AvgIpc) is 2.59. The summed E-state index contributed by atoms with van der Waals surface area (Å²) in [6, 6.07) is 5.41. The molecule has 2 aromatic rings. The molecule has 2 rings (SSSR count). The molecule has 1 aromatic carbocycles. The Morgan fingerprint density at radius 1 is 1.26 bits per heavy atom. The Hall–Kier alpha value is -1.03. The van der Waals surface area contributed by atoms with Crippen LogP contribution in [0.15, 0.2) is 18.2 Å². The Morgan fingerprint density at radius 3 is 2.47 bits per heavy atom. The van der Waals surface area contributed by atoms with Gasteiger partial charge in [-0.05, 0) is 43.5 Å². The first-order valence-electron chi connectivity index (χ1n) is 6.09. The second-order valence-electron chi connectivity index (χ2n) is 4.76. The molecule has 2 N–H and O–H groups in total. The van der Waals surface area contributed by atoms with Gasteiger partial charge in [-0.1, -0.05) is 29.3 Å². The van der Waals surface area contributed by atoms with Crippen LogP contribution in [0, 0.1) is 13.8 Å². The third-order valence-corrected chi connectivity index (χ3v) is 4.19. The van der Waals surface area contributed by atoms with E-state index >= 15 is 0 Å². The predicted octanol–water partition coefficient (Wildman–Crippen LogP) is 3.59. The minimum atomic E-state index is -0.114. The molecule has 1 atom stereocenters.